The van der Waals surface area contributed by atoms with Crippen LogP contribution < -0.4 is 10.5 Å². The van der Waals surface area contributed by atoms with Crippen LogP contribution in [0.5, 0.6) is 5.75 Å². The molecule has 0 aliphatic heterocycles. The lowest BCUT2D eigenvalue weighted by molar-refractivity contribution is -0.132. The summed E-state index contributed by atoms with van der Waals surface area (Å²) in [5, 5.41) is 0. The van der Waals surface area contributed by atoms with Crippen molar-refractivity contribution >= 4 is 5.91 Å². The Morgan fingerprint density at radius 2 is 1.89 bits per heavy atom. The van der Waals surface area contributed by atoms with Crippen LogP contribution in [0.4, 0.5) is 0 Å². The standard InChI is InChI=1S/C15H24N2O2/c1-4-13(16)12-9-7-8-10-14(12)19-11-15(18)17(5-2)6-3/h7-10,13H,4-6,11,16H2,1-3H3/t13-/m0/s1. The minimum Gasteiger partial charge on any atom is -0.483 e. The number of carbonyl (C=O) groups is 1. The van der Waals surface area contributed by atoms with Crippen molar-refractivity contribution in [1.82, 2.24) is 4.90 Å². The third kappa shape index (κ3) is 4.24. The quantitative estimate of drug-likeness (QED) is 0.822. The number of hydrogen-bond acceptors (Lipinski definition) is 3. The largest absolute Gasteiger partial charge is 0.483 e. The highest BCUT2D eigenvalue weighted by molar-refractivity contribution is 5.77. The fourth-order valence-electron chi connectivity index (χ4n) is 1.95. The minimum atomic E-state index is -0.0558. The second kappa shape index (κ2) is 7.79. The van der Waals surface area contributed by atoms with Crippen LogP contribution in [0.25, 0.3) is 0 Å². The van der Waals surface area contributed by atoms with Crippen LogP contribution in [0.1, 0.15) is 38.8 Å². The van der Waals surface area contributed by atoms with Crippen LogP contribution >= 0.6 is 0 Å². The highest BCUT2D eigenvalue weighted by Crippen LogP contribution is 2.25. The SMILES string of the molecule is CC[C@H](N)c1ccccc1OCC(=O)N(CC)CC. The van der Waals surface area contributed by atoms with Crippen LogP contribution in [0, 0.1) is 0 Å². The van der Waals surface area contributed by atoms with E-state index in [0.29, 0.717) is 18.8 Å². The number of ether oxygens (including phenoxy) is 1. The molecule has 4 heteroatoms. The molecule has 0 saturated carbocycles. The van der Waals surface area contributed by atoms with Gasteiger partial charge in [-0.1, -0.05) is 25.1 Å². The molecule has 4 nitrogen and oxygen atoms in total. The molecule has 106 valence electrons. The molecule has 1 rings (SSSR count). The Morgan fingerprint density at radius 1 is 1.26 bits per heavy atom. The highest BCUT2D eigenvalue weighted by Gasteiger charge is 2.13. The molecule has 0 radical (unpaired) electrons. The first kappa shape index (κ1) is 15.5. The van der Waals surface area contributed by atoms with Crippen molar-refractivity contribution in [3.05, 3.63) is 29.8 Å². The van der Waals surface area contributed by atoms with Crippen molar-refractivity contribution in [1.29, 1.82) is 0 Å². The lowest BCUT2D eigenvalue weighted by Gasteiger charge is -2.20. The van der Waals surface area contributed by atoms with E-state index in [0.717, 1.165) is 12.0 Å². The average molecular weight is 264 g/mol. The Kier molecular flexibility index (Phi) is 6.36. The van der Waals surface area contributed by atoms with E-state index in [1.54, 1.807) is 4.90 Å². The first-order chi connectivity index (χ1) is 9.13. The molecule has 0 unspecified atom stereocenters. The molecule has 1 aromatic carbocycles. The number of carbonyl (C=O) groups excluding carboxylic acids is 1. The first-order valence-corrected chi connectivity index (χ1v) is 6.89. The maximum absolute atomic E-state index is 11.9. The normalized spacial score (nSPS) is 12.0. The van der Waals surface area contributed by atoms with Gasteiger partial charge in [-0.05, 0) is 26.3 Å². The zero-order valence-electron chi connectivity index (χ0n) is 12.1. The summed E-state index contributed by atoms with van der Waals surface area (Å²) in [5.41, 5.74) is 6.99. The molecule has 1 aromatic rings. The second-order valence-electron chi connectivity index (χ2n) is 4.41. The van der Waals surface area contributed by atoms with Gasteiger partial charge in [-0.25, -0.2) is 0 Å². The molecule has 0 saturated heterocycles. The fourth-order valence-corrected chi connectivity index (χ4v) is 1.95. The summed E-state index contributed by atoms with van der Waals surface area (Å²) in [5.74, 6) is 0.710. The van der Waals surface area contributed by atoms with Gasteiger partial charge in [0.25, 0.3) is 5.91 Å². The van der Waals surface area contributed by atoms with Gasteiger partial charge >= 0.3 is 0 Å². The molecule has 1 amide bonds. The number of likely N-dealkylation sites (N-methyl/N-ethyl adjacent to an activating group) is 1. The van der Waals surface area contributed by atoms with Gasteiger partial charge in [0.1, 0.15) is 5.75 Å². The summed E-state index contributed by atoms with van der Waals surface area (Å²) < 4.78 is 5.64. The molecule has 0 aromatic heterocycles. The van der Waals surface area contributed by atoms with Crippen molar-refractivity contribution in [3.8, 4) is 5.75 Å². The van der Waals surface area contributed by atoms with Crippen molar-refractivity contribution < 1.29 is 9.53 Å². The Balaban J connectivity index is 2.70. The molecular formula is C15H24N2O2. The Bertz CT molecular complexity index is 403. The maximum atomic E-state index is 11.9. The van der Waals surface area contributed by atoms with E-state index in [1.165, 1.54) is 0 Å². The third-order valence-electron chi connectivity index (χ3n) is 3.23. The average Bonchev–Trinajstić information content (AvgIpc) is 2.45. The maximum Gasteiger partial charge on any atom is 0.260 e. The van der Waals surface area contributed by atoms with Crippen molar-refractivity contribution in [3.63, 3.8) is 0 Å². The van der Waals surface area contributed by atoms with E-state index in [4.69, 9.17) is 10.5 Å². The van der Waals surface area contributed by atoms with Gasteiger partial charge in [-0.2, -0.15) is 0 Å². The molecule has 1 atom stereocenters. The third-order valence-corrected chi connectivity index (χ3v) is 3.23. The number of nitrogens with zero attached hydrogens (tertiary/aromatic N) is 1. The van der Waals surface area contributed by atoms with Crippen LogP contribution in [0.2, 0.25) is 0 Å². The number of rotatable bonds is 7. The van der Waals surface area contributed by atoms with E-state index >= 15 is 0 Å². The predicted molar refractivity (Wildman–Crippen MR) is 77.1 cm³/mol. The minimum absolute atomic E-state index is 0.00451. The predicted octanol–water partition coefficient (Wildman–Crippen LogP) is 2.34. The summed E-state index contributed by atoms with van der Waals surface area (Å²) in [6, 6.07) is 7.58. The zero-order valence-corrected chi connectivity index (χ0v) is 12.1. The molecular weight excluding hydrogens is 240 g/mol. The van der Waals surface area contributed by atoms with E-state index in [1.807, 2.05) is 45.0 Å². The van der Waals surface area contributed by atoms with E-state index < -0.39 is 0 Å². The molecule has 2 N–H and O–H groups in total. The van der Waals surface area contributed by atoms with Crippen molar-refractivity contribution in [2.75, 3.05) is 19.7 Å². The first-order valence-electron chi connectivity index (χ1n) is 6.89. The molecule has 19 heavy (non-hydrogen) atoms. The van der Waals surface area contributed by atoms with Crippen LogP contribution in [0.15, 0.2) is 24.3 Å². The van der Waals surface area contributed by atoms with Crippen molar-refractivity contribution in [2.45, 2.75) is 33.2 Å². The summed E-state index contributed by atoms with van der Waals surface area (Å²) in [6.45, 7) is 7.42. The van der Waals surface area contributed by atoms with Gasteiger partial charge in [0.15, 0.2) is 6.61 Å². The summed E-state index contributed by atoms with van der Waals surface area (Å²) in [4.78, 5) is 13.7. The van der Waals surface area contributed by atoms with Crippen LogP contribution in [-0.4, -0.2) is 30.5 Å². The van der Waals surface area contributed by atoms with Gasteiger partial charge in [0.2, 0.25) is 0 Å². The number of hydrogen-bond donors (Lipinski definition) is 1. The summed E-state index contributed by atoms with van der Waals surface area (Å²) in [6.07, 6.45) is 0.838. The monoisotopic (exact) mass is 264 g/mol. The number of amides is 1. The summed E-state index contributed by atoms with van der Waals surface area (Å²) >= 11 is 0. The smallest absolute Gasteiger partial charge is 0.260 e. The lowest BCUT2D eigenvalue weighted by atomic mass is 10.0. The molecule has 0 fully saturated rings. The van der Waals surface area contributed by atoms with Crippen LogP contribution in [-0.2, 0) is 4.79 Å². The van der Waals surface area contributed by atoms with E-state index in [9.17, 15) is 4.79 Å². The van der Waals surface area contributed by atoms with Gasteiger partial charge in [-0.15, -0.1) is 0 Å². The Hall–Kier alpha value is -1.55. The van der Waals surface area contributed by atoms with E-state index in [2.05, 4.69) is 0 Å². The van der Waals surface area contributed by atoms with Gasteiger partial charge in [-0.3, -0.25) is 4.79 Å². The van der Waals surface area contributed by atoms with E-state index in [-0.39, 0.29) is 18.6 Å². The summed E-state index contributed by atoms with van der Waals surface area (Å²) in [7, 11) is 0. The Labute approximate surface area is 115 Å². The fraction of sp³-hybridized carbons (Fsp3) is 0.533. The van der Waals surface area contributed by atoms with Gasteiger partial charge in [0, 0.05) is 24.7 Å². The molecule has 0 aliphatic carbocycles. The second-order valence-corrected chi connectivity index (χ2v) is 4.41. The zero-order chi connectivity index (χ0) is 14.3. The highest BCUT2D eigenvalue weighted by atomic mass is 16.5. The number of para-hydroxylation sites is 1. The van der Waals surface area contributed by atoms with Crippen LogP contribution in [0.3, 0.4) is 0 Å². The lowest BCUT2D eigenvalue weighted by Crippen LogP contribution is -2.34. The molecule has 0 bridgehead atoms. The molecule has 0 heterocycles. The number of benzene rings is 1. The number of nitrogens with two attached hydrogens (primary N) is 1. The molecule has 0 spiro atoms. The van der Waals surface area contributed by atoms with Crippen molar-refractivity contribution in [2.24, 2.45) is 5.73 Å². The Morgan fingerprint density at radius 3 is 2.47 bits per heavy atom. The molecule has 0 aliphatic rings. The van der Waals surface area contributed by atoms with Gasteiger partial charge in [0.05, 0.1) is 0 Å². The van der Waals surface area contributed by atoms with Gasteiger partial charge < -0.3 is 15.4 Å². The topological polar surface area (TPSA) is 55.6 Å².